The Morgan fingerprint density at radius 3 is 2.35 bits per heavy atom. The molecule has 0 aliphatic carbocycles. The summed E-state index contributed by atoms with van der Waals surface area (Å²) in [4.78, 5) is 23.9. The molecule has 0 aromatic heterocycles. The molecule has 1 heterocycles. The number of anilines is 1. The summed E-state index contributed by atoms with van der Waals surface area (Å²) in [5.41, 5.74) is 0.393. The van der Waals surface area contributed by atoms with Gasteiger partial charge in [-0.2, -0.15) is 4.31 Å². The van der Waals surface area contributed by atoms with E-state index in [0.717, 1.165) is 19.3 Å². The lowest BCUT2D eigenvalue weighted by Crippen LogP contribution is -2.46. The average Bonchev–Trinajstić information content (AvgIpc) is 2.60. The van der Waals surface area contributed by atoms with Crippen molar-refractivity contribution in [3.63, 3.8) is 0 Å². The monoisotopic (exact) mass is 381 g/mol. The highest BCUT2D eigenvalue weighted by molar-refractivity contribution is 7.89. The maximum atomic E-state index is 12.8. The molecule has 26 heavy (non-hydrogen) atoms. The molecule has 8 heteroatoms. The first kappa shape index (κ1) is 20.4. The van der Waals surface area contributed by atoms with Gasteiger partial charge >= 0.3 is 0 Å². The van der Waals surface area contributed by atoms with E-state index < -0.39 is 16.1 Å². The van der Waals surface area contributed by atoms with E-state index in [0.29, 0.717) is 18.8 Å². The minimum Gasteiger partial charge on any atom is -0.344 e. The quantitative estimate of drug-likeness (QED) is 0.787. The van der Waals surface area contributed by atoms with Crippen LogP contribution in [0.1, 0.15) is 40.0 Å². The fraction of sp³-hybridized carbons (Fsp3) is 0.556. The van der Waals surface area contributed by atoms with Crippen LogP contribution in [0.25, 0.3) is 0 Å². The molecule has 1 aromatic rings. The van der Waals surface area contributed by atoms with E-state index in [1.54, 1.807) is 12.1 Å². The zero-order chi connectivity index (χ0) is 19.3. The zero-order valence-corrected chi connectivity index (χ0v) is 16.3. The number of sulfonamides is 1. The molecule has 0 spiro atoms. The molecule has 1 saturated heterocycles. The molecule has 0 unspecified atom stereocenters. The molecule has 0 bridgehead atoms. The van der Waals surface area contributed by atoms with Gasteiger partial charge in [-0.05, 0) is 37.0 Å². The molecule has 2 N–H and O–H groups in total. The fourth-order valence-electron chi connectivity index (χ4n) is 2.96. The number of piperidine rings is 1. The first-order valence-corrected chi connectivity index (χ1v) is 10.3. The molecule has 1 atom stereocenters. The number of nitrogens with zero attached hydrogens (tertiary/aromatic N) is 1. The largest absolute Gasteiger partial charge is 0.344 e. The van der Waals surface area contributed by atoms with Gasteiger partial charge < -0.3 is 10.6 Å². The van der Waals surface area contributed by atoms with Crippen LogP contribution < -0.4 is 10.6 Å². The Balaban J connectivity index is 2.18. The van der Waals surface area contributed by atoms with Crippen LogP contribution in [-0.4, -0.2) is 43.7 Å². The van der Waals surface area contributed by atoms with Crippen LogP contribution in [0.15, 0.2) is 29.2 Å². The van der Waals surface area contributed by atoms with Crippen LogP contribution in [-0.2, 0) is 19.6 Å². The first-order valence-electron chi connectivity index (χ1n) is 8.90. The minimum absolute atomic E-state index is 0.0980. The lowest BCUT2D eigenvalue weighted by atomic mass is 10.0. The second-order valence-corrected chi connectivity index (χ2v) is 8.84. The van der Waals surface area contributed by atoms with E-state index in [1.165, 1.54) is 23.4 Å². The van der Waals surface area contributed by atoms with Gasteiger partial charge in [-0.25, -0.2) is 8.42 Å². The van der Waals surface area contributed by atoms with Crippen molar-refractivity contribution in [3.05, 3.63) is 24.3 Å². The highest BCUT2D eigenvalue weighted by atomic mass is 32.2. The number of carbonyl (C=O) groups is 2. The normalized spacial score (nSPS) is 16.9. The zero-order valence-electron chi connectivity index (χ0n) is 15.5. The maximum Gasteiger partial charge on any atom is 0.247 e. The predicted molar refractivity (Wildman–Crippen MR) is 100 cm³/mol. The molecule has 7 nitrogen and oxygen atoms in total. The Morgan fingerprint density at radius 2 is 1.77 bits per heavy atom. The van der Waals surface area contributed by atoms with Crippen LogP contribution in [0.3, 0.4) is 0 Å². The number of benzene rings is 1. The Bertz CT molecular complexity index is 755. The maximum absolute atomic E-state index is 12.8. The van der Waals surface area contributed by atoms with Gasteiger partial charge in [-0.3, -0.25) is 9.59 Å². The molecule has 2 amide bonds. The van der Waals surface area contributed by atoms with Crippen molar-refractivity contribution in [1.82, 2.24) is 9.62 Å². The van der Waals surface area contributed by atoms with Crippen LogP contribution in [0.5, 0.6) is 0 Å². The Labute approximate surface area is 155 Å². The highest BCUT2D eigenvalue weighted by Crippen LogP contribution is 2.23. The fourth-order valence-corrected chi connectivity index (χ4v) is 4.53. The van der Waals surface area contributed by atoms with E-state index >= 15 is 0 Å². The van der Waals surface area contributed by atoms with Crippen molar-refractivity contribution in [1.29, 1.82) is 0 Å². The molecular weight excluding hydrogens is 354 g/mol. The summed E-state index contributed by atoms with van der Waals surface area (Å²) in [6.07, 6.45) is 2.77. The first-order chi connectivity index (χ1) is 12.2. The number of hydrogen-bond acceptors (Lipinski definition) is 4. The van der Waals surface area contributed by atoms with Crippen LogP contribution >= 0.6 is 0 Å². The molecule has 0 radical (unpaired) electrons. The average molecular weight is 381 g/mol. The van der Waals surface area contributed by atoms with Gasteiger partial charge in [-0.15, -0.1) is 0 Å². The SMILES string of the molecule is CC(=O)N[C@@H](C(=O)Nc1cccc(S(=O)(=O)N2CCCCC2)c1)C(C)C. The summed E-state index contributed by atoms with van der Waals surface area (Å²) < 4.78 is 27.0. The molecule has 2 rings (SSSR count). The summed E-state index contributed by atoms with van der Waals surface area (Å²) in [6.45, 7) is 6.07. The Morgan fingerprint density at radius 1 is 1.12 bits per heavy atom. The third-order valence-electron chi connectivity index (χ3n) is 4.36. The van der Waals surface area contributed by atoms with Gasteiger partial charge in [0.1, 0.15) is 6.04 Å². The number of carbonyl (C=O) groups excluding carboxylic acids is 2. The van der Waals surface area contributed by atoms with Gasteiger partial charge in [-0.1, -0.05) is 26.3 Å². The van der Waals surface area contributed by atoms with Crippen LogP contribution in [0.2, 0.25) is 0 Å². The topological polar surface area (TPSA) is 95.6 Å². The van der Waals surface area contributed by atoms with Crippen molar-refractivity contribution in [2.24, 2.45) is 5.92 Å². The summed E-state index contributed by atoms with van der Waals surface area (Å²) in [5.74, 6) is -0.762. The smallest absolute Gasteiger partial charge is 0.247 e. The van der Waals surface area contributed by atoms with Gasteiger partial charge in [0.25, 0.3) is 0 Å². The second kappa shape index (κ2) is 8.64. The van der Waals surface area contributed by atoms with E-state index in [4.69, 9.17) is 0 Å². The molecule has 1 aliphatic rings. The number of nitrogens with one attached hydrogen (secondary N) is 2. The second-order valence-electron chi connectivity index (χ2n) is 6.90. The van der Waals surface area contributed by atoms with Crippen molar-refractivity contribution in [3.8, 4) is 0 Å². The Hall–Kier alpha value is -1.93. The third kappa shape index (κ3) is 5.04. The van der Waals surface area contributed by atoms with Gasteiger partial charge in [0.15, 0.2) is 0 Å². The molecule has 1 aromatic carbocycles. The number of hydrogen-bond donors (Lipinski definition) is 2. The standard InChI is InChI=1S/C18H27N3O4S/c1-13(2)17(19-14(3)22)18(23)20-15-8-7-9-16(12-15)26(24,25)21-10-5-4-6-11-21/h7-9,12-13,17H,4-6,10-11H2,1-3H3,(H,19,22)(H,20,23)/t17-/m1/s1. The van der Waals surface area contributed by atoms with Crippen molar-refractivity contribution in [2.45, 2.75) is 51.0 Å². The van der Waals surface area contributed by atoms with Gasteiger partial charge in [0.2, 0.25) is 21.8 Å². The summed E-state index contributed by atoms with van der Waals surface area (Å²) >= 11 is 0. The number of rotatable bonds is 6. The highest BCUT2D eigenvalue weighted by Gasteiger charge is 2.27. The van der Waals surface area contributed by atoms with E-state index in [-0.39, 0.29) is 22.6 Å². The third-order valence-corrected chi connectivity index (χ3v) is 6.26. The Kier molecular flexibility index (Phi) is 6.77. The van der Waals surface area contributed by atoms with Crippen molar-refractivity contribution >= 4 is 27.5 Å². The van der Waals surface area contributed by atoms with Crippen molar-refractivity contribution < 1.29 is 18.0 Å². The lowest BCUT2D eigenvalue weighted by Gasteiger charge is -2.26. The van der Waals surface area contributed by atoms with Crippen molar-refractivity contribution in [2.75, 3.05) is 18.4 Å². The van der Waals surface area contributed by atoms with Crippen LogP contribution in [0, 0.1) is 5.92 Å². The molecular formula is C18H27N3O4S. The molecule has 144 valence electrons. The predicted octanol–water partition coefficient (Wildman–Crippen LogP) is 1.96. The van der Waals surface area contributed by atoms with E-state index in [2.05, 4.69) is 10.6 Å². The summed E-state index contributed by atoms with van der Waals surface area (Å²) in [6, 6.07) is 5.56. The molecule has 1 fully saturated rings. The van der Waals surface area contributed by atoms with Crippen LogP contribution in [0.4, 0.5) is 5.69 Å². The van der Waals surface area contributed by atoms with E-state index in [1.807, 2.05) is 13.8 Å². The van der Waals surface area contributed by atoms with E-state index in [9.17, 15) is 18.0 Å². The number of amides is 2. The molecule has 1 aliphatic heterocycles. The summed E-state index contributed by atoms with van der Waals surface area (Å²) in [5, 5.41) is 5.33. The van der Waals surface area contributed by atoms with Gasteiger partial charge in [0.05, 0.1) is 4.90 Å². The lowest BCUT2D eigenvalue weighted by molar-refractivity contribution is -0.126. The van der Waals surface area contributed by atoms with Gasteiger partial charge in [0, 0.05) is 25.7 Å². The summed E-state index contributed by atoms with van der Waals surface area (Å²) in [7, 11) is -3.56. The molecule has 0 saturated carbocycles. The minimum atomic E-state index is -3.56.